The van der Waals surface area contributed by atoms with Crippen LogP contribution < -0.4 is 19.7 Å². The van der Waals surface area contributed by atoms with E-state index in [4.69, 9.17) is 14.2 Å². The summed E-state index contributed by atoms with van der Waals surface area (Å²) in [5, 5.41) is 6.82. The average Bonchev–Trinajstić information content (AvgIpc) is 3.43. The van der Waals surface area contributed by atoms with Crippen molar-refractivity contribution in [3.8, 4) is 11.5 Å². The number of fused-ring (bicyclic) bond motifs is 1. The fourth-order valence-corrected chi connectivity index (χ4v) is 5.41. The van der Waals surface area contributed by atoms with Crippen LogP contribution in [0.15, 0.2) is 54.9 Å². The molecule has 45 heavy (non-hydrogen) atoms. The number of amides is 3. The Labute approximate surface area is 262 Å². The number of nitrogens with one attached hydrogen (secondary N) is 1. The molecule has 0 spiro atoms. The van der Waals surface area contributed by atoms with E-state index in [9.17, 15) is 18.8 Å². The van der Waals surface area contributed by atoms with Gasteiger partial charge in [0.2, 0.25) is 0 Å². The first-order chi connectivity index (χ1) is 21.4. The molecule has 1 fully saturated rings. The molecule has 1 N–H and O–H groups in total. The number of likely N-dealkylation sites (tertiary alicyclic amines) is 1. The number of ether oxygens (including phenoxy) is 3. The lowest BCUT2D eigenvalue weighted by atomic mass is 9.94. The maximum absolute atomic E-state index is 13.5. The molecule has 0 saturated carbocycles. The van der Waals surface area contributed by atoms with Crippen LogP contribution in [0.2, 0.25) is 0 Å². The molecule has 0 unspecified atom stereocenters. The Morgan fingerprint density at radius 1 is 1.11 bits per heavy atom. The van der Waals surface area contributed by atoms with Gasteiger partial charge in [0, 0.05) is 38.8 Å². The molecule has 11 nitrogen and oxygen atoms in total. The monoisotopic (exact) mass is 621 g/mol. The van der Waals surface area contributed by atoms with Gasteiger partial charge in [0.15, 0.2) is 0 Å². The van der Waals surface area contributed by atoms with Crippen LogP contribution in [0.1, 0.15) is 51.2 Å². The molecule has 3 amide bonds. The number of carbonyl (C=O) groups is 3. The van der Waals surface area contributed by atoms with Gasteiger partial charge in [-0.1, -0.05) is 12.1 Å². The summed E-state index contributed by atoms with van der Waals surface area (Å²) in [4.78, 5) is 41.8. The Hall–Kier alpha value is -4.61. The molecule has 5 rings (SSSR count). The summed E-state index contributed by atoms with van der Waals surface area (Å²) in [6.45, 7) is 7.37. The molecule has 1 aromatic heterocycles. The van der Waals surface area contributed by atoms with E-state index >= 15 is 0 Å². The Balaban J connectivity index is 1.11. The van der Waals surface area contributed by atoms with Gasteiger partial charge in [-0.2, -0.15) is 9.78 Å². The molecule has 240 valence electrons. The lowest BCUT2D eigenvalue weighted by molar-refractivity contribution is -0.120. The van der Waals surface area contributed by atoms with Crippen LogP contribution >= 0.6 is 0 Å². The molecular weight excluding hydrogens is 581 g/mol. The van der Waals surface area contributed by atoms with E-state index in [1.807, 2.05) is 20.8 Å². The van der Waals surface area contributed by atoms with Crippen molar-refractivity contribution in [3.05, 3.63) is 71.8 Å². The van der Waals surface area contributed by atoms with Gasteiger partial charge in [0.1, 0.15) is 35.6 Å². The standard InChI is InChI=1S/C33H40FN5O6/c1-33(2,3)45-32(42)38-13-10-22(11-14-38)12-15-43-26-8-9-29-28(18-26)37(4)30(40)27(21-44-29)36-31(41)39-20-24(19-35-39)16-23-6-5-7-25(34)17-23/h5-9,17-20,22,27H,10-16,21H2,1-4H3,(H,36,41)/t27-/m0/s1. The lowest BCUT2D eigenvalue weighted by Gasteiger charge is -2.33. The smallest absolute Gasteiger partial charge is 0.410 e. The molecule has 2 aromatic carbocycles. The van der Waals surface area contributed by atoms with Crippen molar-refractivity contribution in [1.29, 1.82) is 0 Å². The maximum Gasteiger partial charge on any atom is 0.410 e. The van der Waals surface area contributed by atoms with E-state index in [1.165, 1.54) is 23.2 Å². The predicted octanol–water partition coefficient (Wildman–Crippen LogP) is 5.01. The maximum atomic E-state index is 13.5. The number of aromatic nitrogens is 2. The van der Waals surface area contributed by atoms with E-state index in [2.05, 4.69) is 10.4 Å². The fourth-order valence-electron chi connectivity index (χ4n) is 5.41. The zero-order chi connectivity index (χ0) is 32.1. The van der Waals surface area contributed by atoms with Crippen molar-refractivity contribution in [3.63, 3.8) is 0 Å². The predicted molar refractivity (Wildman–Crippen MR) is 165 cm³/mol. The molecule has 2 aliphatic heterocycles. The summed E-state index contributed by atoms with van der Waals surface area (Å²) in [5.74, 6) is 0.869. The quantitative estimate of drug-likeness (QED) is 0.394. The number of likely N-dealkylation sites (N-methyl/N-ethyl adjacent to an activating group) is 1. The van der Waals surface area contributed by atoms with E-state index in [0.29, 0.717) is 49.2 Å². The van der Waals surface area contributed by atoms with Crippen LogP contribution in [0.25, 0.3) is 0 Å². The second kappa shape index (κ2) is 13.6. The van der Waals surface area contributed by atoms with Crippen molar-refractivity contribution in [2.45, 2.75) is 58.1 Å². The van der Waals surface area contributed by atoms with Crippen molar-refractivity contribution in [2.75, 3.05) is 38.3 Å². The number of hydrogen-bond donors (Lipinski definition) is 1. The Kier molecular flexibility index (Phi) is 9.60. The van der Waals surface area contributed by atoms with Crippen molar-refractivity contribution in [2.24, 2.45) is 5.92 Å². The van der Waals surface area contributed by atoms with Gasteiger partial charge >= 0.3 is 12.1 Å². The average molecular weight is 622 g/mol. The van der Waals surface area contributed by atoms with E-state index in [1.54, 1.807) is 48.5 Å². The molecule has 0 bridgehead atoms. The van der Waals surface area contributed by atoms with E-state index in [-0.39, 0.29) is 24.4 Å². The first kappa shape index (κ1) is 31.8. The molecule has 12 heteroatoms. The highest BCUT2D eigenvalue weighted by Gasteiger charge is 2.32. The first-order valence-corrected chi connectivity index (χ1v) is 15.2. The molecule has 3 heterocycles. The number of nitrogens with zero attached hydrogens (tertiary/aromatic N) is 4. The van der Waals surface area contributed by atoms with Gasteiger partial charge in [-0.25, -0.2) is 14.0 Å². The number of anilines is 1. The lowest BCUT2D eigenvalue weighted by Crippen LogP contribution is -2.50. The number of halogens is 1. The van der Waals surface area contributed by atoms with Crippen molar-refractivity contribution < 1.29 is 33.0 Å². The zero-order valence-corrected chi connectivity index (χ0v) is 26.1. The molecular formula is C33H40FN5O6. The second-order valence-corrected chi connectivity index (χ2v) is 12.5. The topological polar surface area (TPSA) is 115 Å². The largest absolute Gasteiger partial charge is 0.494 e. The summed E-state index contributed by atoms with van der Waals surface area (Å²) in [7, 11) is 1.63. The van der Waals surface area contributed by atoms with Crippen molar-refractivity contribution >= 4 is 23.7 Å². The highest BCUT2D eigenvalue weighted by Crippen LogP contribution is 2.34. The van der Waals surface area contributed by atoms with Gasteiger partial charge in [-0.3, -0.25) is 4.79 Å². The third-order valence-corrected chi connectivity index (χ3v) is 7.83. The van der Waals surface area contributed by atoms with E-state index < -0.39 is 17.7 Å². The number of carbonyl (C=O) groups excluding carboxylic acids is 3. The zero-order valence-electron chi connectivity index (χ0n) is 26.1. The van der Waals surface area contributed by atoms with Crippen LogP contribution in [0.5, 0.6) is 11.5 Å². The van der Waals surface area contributed by atoms with Crippen LogP contribution in [-0.4, -0.2) is 77.7 Å². The van der Waals surface area contributed by atoms with Crippen LogP contribution in [0.4, 0.5) is 19.7 Å². The third kappa shape index (κ3) is 8.31. The second-order valence-electron chi connectivity index (χ2n) is 12.5. The summed E-state index contributed by atoms with van der Waals surface area (Å²) in [6.07, 6.45) is 5.84. The molecule has 3 aromatic rings. The van der Waals surface area contributed by atoms with Crippen molar-refractivity contribution in [1.82, 2.24) is 20.0 Å². The minimum absolute atomic E-state index is 0.0540. The highest BCUT2D eigenvalue weighted by molar-refractivity contribution is 6.00. The van der Waals surface area contributed by atoms with Gasteiger partial charge < -0.3 is 29.3 Å². The normalized spacial score (nSPS) is 17.3. The van der Waals surface area contributed by atoms with Gasteiger partial charge in [0.25, 0.3) is 5.91 Å². The van der Waals surface area contributed by atoms with Gasteiger partial charge in [0.05, 0.1) is 18.5 Å². The van der Waals surface area contributed by atoms with Crippen LogP contribution in [0, 0.1) is 11.7 Å². The Morgan fingerprint density at radius 3 is 2.62 bits per heavy atom. The molecule has 0 radical (unpaired) electrons. The summed E-state index contributed by atoms with van der Waals surface area (Å²) >= 11 is 0. The first-order valence-electron chi connectivity index (χ1n) is 15.2. The fraction of sp³-hybridized carbons (Fsp3) is 0.455. The SMILES string of the molecule is CN1C(=O)[C@@H](NC(=O)n2cc(Cc3cccc(F)c3)cn2)COc2ccc(OCCC3CCN(C(=O)OC(C)(C)C)CC3)cc21. The van der Waals surface area contributed by atoms with Crippen LogP contribution in [0.3, 0.4) is 0 Å². The molecule has 0 aliphatic carbocycles. The molecule has 2 aliphatic rings. The number of benzene rings is 2. The number of piperidine rings is 1. The molecule has 1 saturated heterocycles. The Morgan fingerprint density at radius 2 is 1.89 bits per heavy atom. The summed E-state index contributed by atoms with van der Waals surface area (Å²) < 4.78 is 32.1. The Bertz CT molecular complexity index is 1530. The third-order valence-electron chi connectivity index (χ3n) is 7.83. The van der Waals surface area contributed by atoms with Crippen LogP contribution in [-0.2, 0) is 16.0 Å². The minimum atomic E-state index is -0.943. The van der Waals surface area contributed by atoms with E-state index in [0.717, 1.165) is 35.1 Å². The number of hydrogen-bond acceptors (Lipinski definition) is 7. The van der Waals surface area contributed by atoms with Gasteiger partial charge in [-0.15, -0.1) is 0 Å². The van der Waals surface area contributed by atoms with Gasteiger partial charge in [-0.05, 0) is 81.3 Å². The minimum Gasteiger partial charge on any atom is -0.494 e. The molecule has 1 atom stereocenters. The number of rotatable bonds is 7. The summed E-state index contributed by atoms with van der Waals surface area (Å²) in [6, 6.07) is 10.0. The highest BCUT2D eigenvalue weighted by atomic mass is 19.1. The summed E-state index contributed by atoms with van der Waals surface area (Å²) in [5.41, 5.74) is 1.51.